The average molecular weight is 288 g/mol. The summed E-state index contributed by atoms with van der Waals surface area (Å²) in [7, 11) is 1.38. The van der Waals surface area contributed by atoms with Crippen LogP contribution in [0.4, 0.5) is 0 Å². The zero-order valence-electron chi connectivity index (χ0n) is 12.8. The molecule has 0 spiro atoms. The monoisotopic (exact) mass is 288 g/mol. The maximum absolute atomic E-state index is 12.0. The van der Waals surface area contributed by atoms with Gasteiger partial charge in [0.25, 0.3) is 0 Å². The van der Waals surface area contributed by atoms with E-state index in [2.05, 4.69) is 6.07 Å². The molecule has 0 fully saturated rings. The van der Waals surface area contributed by atoms with Gasteiger partial charge >= 0.3 is 5.97 Å². The summed E-state index contributed by atoms with van der Waals surface area (Å²) in [6, 6.07) is 7.99. The van der Waals surface area contributed by atoms with Crippen LogP contribution in [0.25, 0.3) is 0 Å². The summed E-state index contributed by atoms with van der Waals surface area (Å²) in [5.41, 5.74) is 1.55. The fraction of sp³-hybridized carbons (Fsp3) is 0.471. The van der Waals surface area contributed by atoms with E-state index in [1.807, 2.05) is 39.0 Å². The summed E-state index contributed by atoms with van der Waals surface area (Å²) in [6.07, 6.45) is 0. The molecule has 0 aromatic heterocycles. The molecule has 4 heteroatoms. The van der Waals surface area contributed by atoms with Crippen molar-refractivity contribution in [3.63, 3.8) is 0 Å². The molecule has 0 unspecified atom stereocenters. The molecule has 3 rings (SSSR count). The zero-order valence-corrected chi connectivity index (χ0v) is 12.8. The van der Waals surface area contributed by atoms with E-state index in [4.69, 9.17) is 14.2 Å². The molecule has 2 aliphatic rings. The van der Waals surface area contributed by atoms with Crippen molar-refractivity contribution in [2.45, 2.75) is 32.3 Å². The maximum atomic E-state index is 12.0. The lowest BCUT2D eigenvalue weighted by atomic mass is 9.70. The number of hydrogen-bond donors (Lipinski definition) is 0. The predicted molar refractivity (Wildman–Crippen MR) is 78.0 cm³/mol. The molecule has 1 aromatic rings. The second-order valence-corrected chi connectivity index (χ2v) is 6.14. The van der Waals surface area contributed by atoms with Gasteiger partial charge in [0.05, 0.1) is 13.7 Å². The minimum Gasteiger partial charge on any atom is -0.493 e. The van der Waals surface area contributed by atoms with Crippen LogP contribution in [0.3, 0.4) is 0 Å². The fourth-order valence-electron chi connectivity index (χ4n) is 3.35. The van der Waals surface area contributed by atoms with Crippen molar-refractivity contribution in [3.8, 4) is 5.75 Å². The molecular formula is C17H20O4. The minimum atomic E-state index is -0.485. The molecule has 0 amide bonds. The highest BCUT2D eigenvalue weighted by atomic mass is 16.6. The Morgan fingerprint density at radius 1 is 1.33 bits per heavy atom. The van der Waals surface area contributed by atoms with Gasteiger partial charge in [0, 0.05) is 17.4 Å². The number of allylic oxidation sites excluding steroid dienone is 1. The molecule has 4 nitrogen and oxygen atoms in total. The zero-order chi connectivity index (χ0) is 15.2. The van der Waals surface area contributed by atoms with Gasteiger partial charge in [0.1, 0.15) is 11.4 Å². The lowest BCUT2D eigenvalue weighted by molar-refractivity contribution is -0.148. The second kappa shape index (κ2) is 4.79. The van der Waals surface area contributed by atoms with Gasteiger partial charge in [-0.25, -0.2) is 4.79 Å². The standard InChI is InChI=1S/C17H20O4/c1-10-14-11-7-5-6-8-13(11)20-9-12(14)17(2,3)21-15(10)16(18)19-4/h5-8,12,14H,9H2,1-4H3/t12-,14-/m0/s1. The lowest BCUT2D eigenvalue weighted by Crippen LogP contribution is -2.48. The molecule has 0 bridgehead atoms. The number of esters is 1. The number of ether oxygens (including phenoxy) is 3. The van der Waals surface area contributed by atoms with E-state index >= 15 is 0 Å². The van der Waals surface area contributed by atoms with E-state index in [9.17, 15) is 4.79 Å². The Kier molecular flexibility index (Phi) is 3.19. The molecule has 21 heavy (non-hydrogen) atoms. The maximum Gasteiger partial charge on any atom is 0.373 e. The Balaban J connectivity index is 2.16. The minimum absolute atomic E-state index is 0.118. The molecule has 0 aliphatic carbocycles. The van der Waals surface area contributed by atoms with Crippen LogP contribution in [-0.2, 0) is 14.3 Å². The second-order valence-electron chi connectivity index (χ2n) is 6.14. The third-order valence-corrected chi connectivity index (χ3v) is 4.53. The summed E-state index contributed by atoms with van der Waals surface area (Å²) in [5.74, 6) is 1.09. The van der Waals surface area contributed by atoms with E-state index in [0.717, 1.165) is 16.9 Å². The highest BCUT2D eigenvalue weighted by Crippen LogP contribution is 2.50. The van der Waals surface area contributed by atoms with Crippen LogP contribution in [-0.4, -0.2) is 25.3 Å². The van der Waals surface area contributed by atoms with Crippen LogP contribution in [0.1, 0.15) is 32.3 Å². The molecule has 0 N–H and O–H groups in total. The third-order valence-electron chi connectivity index (χ3n) is 4.53. The van der Waals surface area contributed by atoms with E-state index in [-0.39, 0.29) is 11.8 Å². The van der Waals surface area contributed by atoms with Gasteiger partial charge in [-0.1, -0.05) is 18.2 Å². The smallest absolute Gasteiger partial charge is 0.373 e. The average Bonchev–Trinajstić information content (AvgIpc) is 2.49. The van der Waals surface area contributed by atoms with Crippen molar-refractivity contribution in [1.82, 2.24) is 0 Å². The van der Waals surface area contributed by atoms with Gasteiger partial charge < -0.3 is 14.2 Å². The number of fused-ring (bicyclic) bond motifs is 3. The van der Waals surface area contributed by atoms with Crippen LogP contribution >= 0.6 is 0 Å². The molecule has 2 heterocycles. The first-order chi connectivity index (χ1) is 9.95. The van der Waals surface area contributed by atoms with Crippen molar-refractivity contribution < 1.29 is 19.0 Å². The highest BCUT2D eigenvalue weighted by Gasteiger charge is 2.49. The number of carbonyl (C=O) groups excluding carboxylic acids is 1. The van der Waals surface area contributed by atoms with Crippen molar-refractivity contribution in [1.29, 1.82) is 0 Å². The van der Waals surface area contributed by atoms with E-state index in [0.29, 0.717) is 12.4 Å². The number of carbonyl (C=O) groups is 1. The van der Waals surface area contributed by atoms with E-state index in [1.165, 1.54) is 7.11 Å². The Morgan fingerprint density at radius 3 is 2.76 bits per heavy atom. The highest BCUT2D eigenvalue weighted by molar-refractivity contribution is 5.87. The van der Waals surface area contributed by atoms with Crippen molar-refractivity contribution in [3.05, 3.63) is 41.2 Å². The third kappa shape index (κ3) is 2.09. The van der Waals surface area contributed by atoms with Crippen LogP contribution in [0.2, 0.25) is 0 Å². The summed E-state index contributed by atoms with van der Waals surface area (Å²) in [5, 5.41) is 0. The Hall–Kier alpha value is -1.97. The molecule has 2 aliphatic heterocycles. The summed E-state index contributed by atoms with van der Waals surface area (Å²) in [4.78, 5) is 12.0. The number of benzene rings is 1. The molecule has 2 atom stereocenters. The van der Waals surface area contributed by atoms with Crippen LogP contribution in [0.5, 0.6) is 5.75 Å². The first-order valence-electron chi connectivity index (χ1n) is 7.15. The Labute approximate surface area is 124 Å². The number of rotatable bonds is 1. The van der Waals surface area contributed by atoms with Gasteiger partial charge in [-0.3, -0.25) is 0 Å². The SMILES string of the molecule is COC(=O)C1=C(C)[C@H]2c3ccccc3OC[C@@H]2C(C)(C)O1. The van der Waals surface area contributed by atoms with Gasteiger partial charge in [0.15, 0.2) is 0 Å². The fourth-order valence-corrected chi connectivity index (χ4v) is 3.35. The first-order valence-corrected chi connectivity index (χ1v) is 7.15. The predicted octanol–water partition coefficient (Wildman–Crippen LogP) is 3.03. The Bertz CT molecular complexity index is 615. The van der Waals surface area contributed by atoms with Crippen molar-refractivity contribution in [2.24, 2.45) is 5.92 Å². The van der Waals surface area contributed by atoms with Crippen LogP contribution in [0, 0.1) is 5.92 Å². The molecule has 0 saturated carbocycles. The first kappa shape index (κ1) is 14.0. The molecule has 0 saturated heterocycles. The van der Waals surface area contributed by atoms with Crippen molar-refractivity contribution in [2.75, 3.05) is 13.7 Å². The van der Waals surface area contributed by atoms with Crippen LogP contribution in [0.15, 0.2) is 35.6 Å². The normalized spacial score (nSPS) is 26.1. The molecular weight excluding hydrogens is 268 g/mol. The van der Waals surface area contributed by atoms with E-state index < -0.39 is 11.6 Å². The van der Waals surface area contributed by atoms with Gasteiger partial charge in [-0.05, 0) is 32.4 Å². The van der Waals surface area contributed by atoms with Crippen molar-refractivity contribution >= 4 is 5.97 Å². The van der Waals surface area contributed by atoms with Gasteiger partial charge in [-0.15, -0.1) is 0 Å². The lowest BCUT2D eigenvalue weighted by Gasteiger charge is -2.47. The molecule has 1 aromatic carbocycles. The van der Waals surface area contributed by atoms with Gasteiger partial charge in [-0.2, -0.15) is 0 Å². The topological polar surface area (TPSA) is 44.8 Å². The number of methoxy groups -OCH3 is 1. The quantitative estimate of drug-likeness (QED) is 0.745. The number of para-hydroxylation sites is 1. The molecule has 0 radical (unpaired) electrons. The Morgan fingerprint density at radius 2 is 2.05 bits per heavy atom. The summed E-state index contributed by atoms with van der Waals surface area (Å²) in [6.45, 7) is 6.52. The molecule has 112 valence electrons. The summed E-state index contributed by atoms with van der Waals surface area (Å²) < 4.78 is 16.7. The largest absolute Gasteiger partial charge is 0.493 e. The van der Waals surface area contributed by atoms with E-state index in [1.54, 1.807) is 0 Å². The summed E-state index contributed by atoms with van der Waals surface area (Å²) >= 11 is 0. The van der Waals surface area contributed by atoms with Crippen LogP contribution < -0.4 is 4.74 Å². The number of hydrogen-bond acceptors (Lipinski definition) is 4. The van der Waals surface area contributed by atoms with Gasteiger partial charge in [0.2, 0.25) is 5.76 Å².